The van der Waals surface area contributed by atoms with Crippen molar-refractivity contribution < 1.29 is 14.3 Å². The van der Waals surface area contributed by atoms with E-state index in [1.807, 2.05) is 32.0 Å². The van der Waals surface area contributed by atoms with E-state index in [4.69, 9.17) is 9.47 Å². The van der Waals surface area contributed by atoms with Crippen LogP contribution in [0.25, 0.3) is 10.9 Å². The number of aryl methyl sites for hydroxylation is 1. The number of H-pyrrole nitrogens is 1. The third-order valence-electron chi connectivity index (χ3n) is 8.29. The lowest BCUT2D eigenvalue weighted by atomic mass is 9.74. The van der Waals surface area contributed by atoms with Crippen LogP contribution in [0.15, 0.2) is 36.4 Å². The van der Waals surface area contributed by atoms with Crippen LogP contribution >= 0.6 is 0 Å². The molecule has 1 aromatic heterocycles. The second-order valence-electron chi connectivity index (χ2n) is 10.3. The minimum atomic E-state index is -0.464. The molecule has 0 radical (unpaired) electrons. The zero-order valence-electron chi connectivity index (χ0n) is 20.4. The number of carbonyl (C=O) groups excluding carboxylic acids is 1. The molecule has 2 aromatic carbocycles. The van der Waals surface area contributed by atoms with E-state index in [0.29, 0.717) is 17.0 Å². The summed E-state index contributed by atoms with van der Waals surface area (Å²) in [6, 6.07) is 13.5. The maximum Gasteiger partial charge on any atom is 0.341 e. The van der Waals surface area contributed by atoms with E-state index in [9.17, 15) is 10.1 Å². The average molecular weight is 470 g/mol. The molecule has 3 unspecified atom stereocenters. The molecule has 6 rings (SSSR count). The van der Waals surface area contributed by atoms with E-state index in [1.165, 1.54) is 19.3 Å². The molecule has 6 nitrogen and oxygen atoms in total. The topological polar surface area (TPSA) is 78.3 Å². The number of carbonyl (C=O) groups is 1. The lowest BCUT2D eigenvalue weighted by molar-refractivity contribution is -0.177. The number of fused-ring (bicyclic) bond motifs is 3. The minimum absolute atomic E-state index is 0.191. The number of nitrogens with one attached hydrogen (secondary N) is 1. The van der Waals surface area contributed by atoms with Crippen molar-refractivity contribution in [2.75, 3.05) is 13.1 Å². The molecule has 0 saturated carbocycles. The monoisotopic (exact) mass is 469 g/mol. The third kappa shape index (κ3) is 3.52. The second kappa shape index (κ2) is 8.42. The van der Waals surface area contributed by atoms with Crippen molar-refractivity contribution in [2.45, 2.75) is 64.2 Å². The van der Waals surface area contributed by atoms with Crippen LogP contribution < -0.4 is 4.74 Å². The molecule has 0 aliphatic carbocycles. The summed E-state index contributed by atoms with van der Waals surface area (Å²) in [7, 11) is 0. The van der Waals surface area contributed by atoms with Gasteiger partial charge in [-0.25, -0.2) is 4.79 Å². The quantitative estimate of drug-likeness (QED) is 0.491. The van der Waals surface area contributed by atoms with Gasteiger partial charge < -0.3 is 14.5 Å². The first kappa shape index (κ1) is 22.2. The molecule has 2 saturated heterocycles. The molecule has 3 aliphatic rings. The average Bonchev–Trinajstić information content (AvgIpc) is 3.22. The molecule has 0 bridgehead atoms. The second-order valence-corrected chi connectivity index (χ2v) is 10.3. The van der Waals surface area contributed by atoms with Crippen LogP contribution in [-0.2, 0) is 11.2 Å². The maximum absolute atomic E-state index is 13.5. The van der Waals surface area contributed by atoms with E-state index >= 15 is 0 Å². The number of ether oxygens (including phenoxy) is 2. The van der Waals surface area contributed by atoms with Crippen molar-refractivity contribution in [1.82, 2.24) is 9.88 Å². The first-order valence-corrected chi connectivity index (χ1v) is 12.8. The number of aromatic amines is 1. The number of hydrogen-bond acceptors (Lipinski definition) is 5. The van der Waals surface area contributed by atoms with Crippen LogP contribution in [0, 0.1) is 24.2 Å². The third-order valence-corrected chi connectivity index (χ3v) is 8.29. The summed E-state index contributed by atoms with van der Waals surface area (Å²) in [5.41, 5.74) is 4.64. The number of benzene rings is 2. The summed E-state index contributed by atoms with van der Waals surface area (Å²) in [5.74, 6) is 0.993. The molecule has 1 spiro atoms. The highest BCUT2D eigenvalue weighted by Crippen LogP contribution is 2.50. The Morgan fingerprint density at radius 2 is 2.11 bits per heavy atom. The van der Waals surface area contributed by atoms with Crippen LogP contribution in [0.2, 0.25) is 0 Å². The Morgan fingerprint density at radius 3 is 2.97 bits per heavy atom. The maximum atomic E-state index is 13.5. The number of nitriles is 1. The molecule has 3 aliphatic heterocycles. The highest BCUT2D eigenvalue weighted by molar-refractivity contribution is 6.07. The van der Waals surface area contributed by atoms with Crippen molar-refractivity contribution in [3.8, 4) is 11.8 Å². The van der Waals surface area contributed by atoms with Gasteiger partial charge in [0.25, 0.3) is 0 Å². The number of esters is 1. The minimum Gasteiger partial charge on any atom is -0.472 e. The van der Waals surface area contributed by atoms with Crippen LogP contribution in [0.3, 0.4) is 0 Å². The molecule has 6 heteroatoms. The predicted octanol–water partition coefficient (Wildman–Crippen LogP) is 5.79. The van der Waals surface area contributed by atoms with Gasteiger partial charge in [-0.3, -0.25) is 4.90 Å². The smallest absolute Gasteiger partial charge is 0.341 e. The SMILES string of the molecule is Cc1[nH]c2ccc3c(c2c1C(=O)OC(C)c1cccc(C#N)c1)CC1CCCN2CCCCC12O3. The van der Waals surface area contributed by atoms with E-state index in [-0.39, 0.29) is 11.7 Å². The Labute approximate surface area is 205 Å². The lowest BCUT2D eigenvalue weighted by Crippen LogP contribution is -2.64. The summed E-state index contributed by atoms with van der Waals surface area (Å²) < 4.78 is 12.8. The Kier molecular flexibility index (Phi) is 5.34. The van der Waals surface area contributed by atoms with Crippen LogP contribution in [0.4, 0.5) is 0 Å². The zero-order valence-corrected chi connectivity index (χ0v) is 20.4. The number of rotatable bonds is 3. The Bertz CT molecular complexity index is 1350. The Balaban J connectivity index is 1.37. The largest absolute Gasteiger partial charge is 0.472 e. The number of hydrogen-bond donors (Lipinski definition) is 1. The first-order chi connectivity index (χ1) is 17.0. The van der Waals surface area contributed by atoms with Gasteiger partial charge >= 0.3 is 5.97 Å². The van der Waals surface area contributed by atoms with Gasteiger partial charge in [0.1, 0.15) is 11.9 Å². The van der Waals surface area contributed by atoms with Crippen molar-refractivity contribution >= 4 is 16.9 Å². The van der Waals surface area contributed by atoms with Gasteiger partial charge in [0.05, 0.1) is 17.2 Å². The highest BCUT2D eigenvalue weighted by atomic mass is 16.5. The summed E-state index contributed by atoms with van der Waals surface area (Å²) in [6.07, 6.45) is 6.33. The standard InChI is InChI=1S/C29H31N3O3/c1-18-26(28(33)34-19(2)21-8-5-7-20(15-21)17-30)27-23-16-22-9-6-14-32-13-4-3-12-29(22,32)35-25(23)11-10-24(27)31-18/h5,7-8,10-11,15,19,22,31H,3-4,6,9,12-14,16H2,1-2H3. The highest BCUT2D eigenvalue weighted by Gasteiger charge is 2.52. The summed E-state index contributed by atoms with van der Waals surface area (Å²) in [4.78, 5) is 19.5. The summed E-state index contributed by atoms with van der Waals surface area (Å²) in [6.45, 7) is 6.00. The molecular weight excluding hydrogens is 438 g/mol. The fraction of sp³-hybridized carbons (Fsp3) is 0.448. The van der Waals surface area contributed by atoms with E-state index < -0.39 is 6.10 Å². The first-order valence-electron chi connectivity index (χ1n) is 12.8. The number of nitrogens with zero attached hydrogens (tertiary/aromatic N) is 2. The fourth-order valence-corrected chi connectivity index (χ4v) is 6.62. The molecular formula is C29H31N3O3. The van der Waals surface area contributed by atoms with Crippen LogP contribution in [0.5, 0.6) is 5.75 Å². The van der Waals surface area contributed by atoms with Gasteiger partial charge in [-0.15, -0.1) is 0 Å². The fourth-order valence-electron chi connectivity index (χ4n) is 6.62. The molecule has 180 valence electrons. The van der Waals surface area contributed by atoms with Gasteiger partial charge in [0.15, 0.2) is 5.72 Å². The van der Waals surface area contributed by atoms with Crippen molar-refractivity contribution in [3.63, 3.8) is 0 Å². The molecule has 4 heterocycles. The van der Waals surface area contributed by atoms with Gasteiger partial charge in [0.2, 0.25) is 0 Å². The number of piperidine rings is 2. The van der Waals surface area contributed by atoms with Gasteiger partial charge in [-0.05, 0) is 75.8 Å². The molecule has 35 heavy (non-hydrogen) atoms. The Morgan fingerprint density at radius 1 is 1.26 bits per heavy atom. The van der Waals surface area contributed by atoms with E-state index in [2.05, 4.69) is 22.0 Å². The zero-order chi connectivity index (χ0) is 24.2. The van der Waals surface area contributed by atoms with Crippen molar-refractivity contribution in [2.24, 2.45) is 5.92 Å². The molecule has 1 N–H and O–H groups in total. The molecule has 0 amide bonds. The summed E-state index contributed by atoms with van der Waals surface area (Å²) >= 11 is 0. The van der Waals surface area contributed by atoms with Crippen LogP contribution in [-0.4, -0.2) is 34.7 Å². The van der Waals surface area contributed by atoms with E-state index in [0.717, 1.165) is 65.8 Å². The van der Waals surface area contributed by atoms with E-state index in [1.54, 1.807) is 12.1 Å². The van der Waals surface area contributed by atoms with Gasteiger partial charge in [-0.1, -0.05) is 12.1 Å². The summed E-state index contributed by atoms with van der Waals surface area (Å²) in [5, 5.41) is 10.2. The van der Waals surface area contributed by atoms with Crippen molar-refractivity contribution in [3.05, 3.63) is 64.3 Å². The predicted molar refractivity (Wildman–Crippen MR) is 133 cm³/mol. The van der Waals surface area contributed by atoms with Crippen molar-refractivity contribution in [1.29, 1.82) is 5.26 Å². The van der Waals surface area contributed by atoms with Crippen LogP contribution in [0.1, 0.15) is 77.9 Å². The number of aromatic nitrogens is 1. The van der Waals surface area contributed by atoms with Gasteiger partial charge in [0, 0.05) is 47.6 Å². The molecule has 3 atom stereocenters. The normalized spacial score (nSPS) is 24.4. The van der Waals surface area contributed by atoms with Gasteiger partial charge in [-0.2, -0.15) is 5.26 Å². The molecule has 3 aromatic rings. The molecule has 2 fully saturated rings. The lowest BCUT2D eigenvalue weighted by Gasteiger charge is -2.56. The Hall–Kier alpha value is -3.30.